The van der Waals surface area contributed by atoms with Gasteiger partial charge in [-0.3, -0.25) is 4.79 Å². The van der Waals surface area contributed by atoms with Gasteiger partial charge < -0.3 is 19.5 Å². The lowest BCUT2D eigenvalue weighted by molar-refractivity contribution is -0.124. The number of methoxy groups -OCH3 is 2. The van der Waals surface area contributed by atoms with Crippen LogP contribution in [-0.4, -0.2) is 32.7 Å². The number of ether oxygens (including phenoxy) is 3. The van der Waals surface area contributed by atoms with Gasteiger partial charge in [-0.25, -0.2) is 4.79 Å². The Bertz CT molecular complexity index is 1050. The zero-order valence-electron chi connectivity index (χ0n) is 17.8. The molecule has 6 heteroatoms. The van der Waals surface area contributed by atoms with E-state index in [4.69, 9.17) is 14.2 Å². The summed E-state index contributed by atoms with van der Waals surface area (Å²) in [5, 5.41) is 2.82. The number of carbonyl (C=O) groups is 2. The molecule has 0 saturated heterocycles. The lowest BCUT2D eigenvalue weighted by atomic mass is 10.00. The number of rotatable bonds is 8. The van der Waals surface area contributed by atoms with Crippen molar-refractivity contribution in [3.63, 3.8) is 0 Å². The van der Waals surface area contributed by atoms with Gasteiger partial charge in [-0.1, -0.05) is 48.5 Å². The number of amides is 1. The molecule has 1 unspecified atom stereocenters. The summed E-state index contributed by atoms with van der Waals surface area (Å²) in [5.74, 6) is 0.312. The molecule has 0 aliphatic carbocycles. The smallest absolute Gasteiger partial charge is 0.339 e. The lowest BCUT2D eigenvalue weighted by Crippen LogP contribution is -2.31. The van der Waals surface area contributed by atoms with Gasteiger partial charge in [0.25, 0.3) is 5.91 Å². The zero-order valence-corrected chi connectivity index (χ0v) is 17.8. The lowest BCUT2D eigenvalue weighted by Gasteiger charge is -2.18. The van der Waals surface area contributed by atoms with Crippen LogP contribution < -0.4 is 14.8 Å². The van der Waals surface area contributed by atoms with Crippen LogP contribution in [0.3, 0.4) is 0 Å². The van der Waals surface area contributed by atoms with Crippen molar-refractivity contribution in [1.29, 1.82) is 0 Å². The van der Waals surface area contributed by atoms with Crippen molar-refractivity contribution >= 4 is 11.9 Å². The quantitative estimate of drug-likeness (QED) is 0.548. The van der Waals surface area contributed by atoms with E-state index in [1.807, 2.05) is 49.4 Å². The van der Waals surface area contributed by atoms with Gasteiger partial charge in [0.1, 0.15) is 11.5 Å². The summed E-state index contributed by atoms with van der Waals surface area (Å²) in [4.78, 5) is 25.1. The maximum Gasteiger partial charge on any atom is 0.339 e. The van der Waals surface area contributed by atoms with E-state index in [2.05, 4.69) is 5.32 Å². The molecule has 0 fully saturated rings. The predicted molar refractivity (Wildman–Crippen MR) is 118 cm³/mol. The fraction of sp³-hybridized carbons (Fsp3) is 0.200. The summed E-state index contributed by atoms with van der Waals surface area (Å²) in [7, 11) is 3.13. The number of esters is 1. The molecular formula is C25H25NO5. The van der Waals surface area contributed by atoms with Gasteiger partial charge in [0, 0.05) is 5.56 Å². The van der Waals surface area contributed by atoms with Gasteiger partial charge in [-0.15, -0.1) is 0 Å². The number of hydrogen-bond donors (Lipinski definition) is 1. The second-order valence-corrected chi connectivity index (χ2v) is 6.88. The second-order valence-electron chi connectivity index (χ2n) is 6.88. The largest absolute Gasteiger partial charge is 0.497 e. The Morgan fingerprint density at radius 1 is 0.903 bits per heavy atom. The van der Waals surface area contributed by atoms with Crippen molar-refractivity contribution in [2.75, 3.05) is 20.8 Å². The summed E-state index contributed by atoms with van der Waals surface area (Å²) in [6.07, 6.45) is 0. The van der Waals surface area contributed by atoms with Gasteiger partial charge >= 0.3 is 5.97 Å². The Morgan fingerprint density at radius 2 is 1.61 bits per heavy atom. The highest BCUT2D eigenvalue weighted by Gasteiger charge is 2.18. The van der Waals surface area contributed by atoms with Gasteiger partial charge in [0.05, 0.1) is 25.8 Å². The van der Waals surface area contributed by atoms with Crippen LogP contribution in [0, 0.1) is 0 Å². The molecule has 1 atom stereocenters. The first-order valence-corrected chi connectivity index (χ1v) is 9.86. The fourth-order valence-electron chi connectivity index (χ4n) is 3.28. The van der Waals surface area contributed by atoms with Crippen molar-refractivity contribution in [2.24, 2.45) is 0 Å². The van der Waals surface area contributed by atoms with E-state index in [0.29, 0.717) is 17.1 Å². The Balaban J connectivity index is 1.65. The highest BCUT2D eigenvalue weighted by atomic mass is 16.5. The van der Waals surface area contributed by atoms with E-state index in [9.17, 15) is 9.59 Å². The molecule has 1 amide bonds. The van der Waals surface area contributed by atoms with Crippen molar-refractivity contribution in [3.05, 3.63) is 83.9 Å². The van der Waals surface area contributed by atoms with Gasteiger partial charge in [-0.05, 0) is 42.3 Å². The molecule has 0 heterocycles. The van der Waals surface area contributed by atoms with Crippen LogP contribution in [0.15, 0.2) is 72.8 Å². The molecule has 0 spiro atoms. The highest BCUT2D eigenvalue weighted by Crippen LogP contribution is 2.29. The summed E-state index contributed by atoms with van der Waals surface area (Å²) in [6, 6.07) is 21.7. The minimum atomic E-state index is -0.554. The highest BCUT2D eigenvalue weighted by molar-refractivity contribution is 5.98. The third-order valence-electron chi connectivity index (χ3n) is 4.85. The van der Waals surface area contributed by atoms with Crippen molar-refractivity contribution in [3.8, 4) is 22.6 Å². The summed E-state index contributed by atoms with van der Waals surface area (Å²) in [6.45, 7) is 1.43. The zero-order chi connectivity index (χ0) is 22.2. The Hall–Kier alpha value is -3.80. The van der Waals surface area contributed by atoms with Crippen molar-refractivity contribution in [2.45, 2.75) is 13.0 Å². The number of carbonyl (C=O) groups excluding carboxylic acids is 2. The molecule has 0 aromatic heterocycles. The first kappa shape index (κ1) is 21.9. The normalized spacial score (nSPS) is 11.3. The molecule has 6 nitrogen and oxygen atoms in total. The van der Waals surface area contributed by atoms with Crippen LogP contribution in [-0.2, 0) is 9.53 Å². The maximum absolute atomic E-state index is 12.6. The number of nitrogens with one attached hydrogen (secondary N) is 1. The molecule has 0 aliphatic heterocycles. The summed E-state index contributed by atoms with van der Waals surface area (Å²) >= 11 is 0. The number of hydrogen-bond acceptors (Lipinski definition) is 5. The van der Waals surface area contributed by atoms with Crippen LogP contribution in [0.4, 0.5) is 0 Å². The molecule has 0 aliphatic rings. The summed E-state index contributed by atoms with van der Waals surface area (Å²) in [5.41, 5.74) is 2.82. The molecule has 1 N–H and O–H groups in total. The summed E-state index contributed by atoms with van der Waals surface area (Å²) < 4.78 is 15.9. The van der Waals surface area contributed by atoms with Gasteiger partial charge in [0.2, 0.25) is 0 Å². The molecule has 0 saturated carbocycles. The average Bonchev–Trinajstić information content (AvgIpc) is 2.82. The molecule has 0 bridgehead atoms. The van der Waals surface area contributed by atoms with Crippen LogP contribution >= 0.6 is 0 Å². The maximum atomic E-state index is 12.6. The Morgan fingerprint density at radius 3 is 2.32 bits per heavy atom. The third kappa shape index (κ3) is 5.42. The van der Waals surface area contributed by atoms with E-state index in [0.717, 1.165) is 16.7 Å². The van der Waals surface area contributed by atoms with Gasteiger partial charge in [-0.2, -0.15) is 0 Å². The first-order valence-electron chi connectivity index (χ1n) is 9.86. The van der Waals surface area contributed by atoms with Crippen LogP contribution in [0.5, 0.6) is 11.5 Å². The second kappa shape index (κ2) is 10.3. The van der Waals surface area contributed by atoms with Crippen LogP contribution in [0.2, 0.25) is 0 Å². The van der Waals surface area contributed by atoms with E-state index in [1.54, 1.807) is 44.6 Å². The minimum Gasteiger partial charge on any atom is -0.497 e. The monoisotopic (exact) mass is 419 g/mol. The van der Waals surface area contributed by atoms with E-state index >= 15 is 0 Å². The topological polar surface area (TPSA) is 73.9 Å². The standard InChI is InChI=1S/C25H25NO5/c1-17(22-15-19(29-2)13-14-23(22)30-3)26-24(27)16-31-25(28)21-12-8-7-11-20(21)18-9-5-4-6-10-18/h4-15,17H,16H2,1-3H3,(H,26,27). The van der Waals surface area contributed by atoms with Crippen molar-refractivity contribution < 1.29 is 23.8 Å². The van der Waals surface area contributed by atoms with E-state index in [-0.39, 0.29) is 6.04 Å². The molecule has 31 heavy (non-hydrogen) atoms. The molecule has 3 rings (SSSR count). The first-order chi connectivity index (χ1) is 15.0. The molecule has 0 radical (unpaired) electrons. The third-order valence-corrected chi connectivity index (χ3v) is 4.85. The van der Waals surface area contributed by atoms with E-state index < -0.39 is 18.5 Å². The number of benzene rings is 3. The van der Waals surface area contributed by atoms with Crippen LogP contribution in [0.25, 0.3) is 11.1 Å². The van der Waals surface area contributed by atoms with E-state index in [1.165, 1.54) is 0 Å². The Kier molecular flexibility index (Phi) is 7.27. The molecule has 3 aromatic rings. The Labute approximate surface area is 181 Å². The molecular weight excluding hydrogens is 394 g/mol. The average molecular weight is 419 g/mol. The minimum absolute atomic E-state index is 0.368. The fourth-order valence-corrected chi connectivity index (χ4v) is 3.28. The predicted octanol–water partition coefficient (Wildman–Crippen LogP) is 4.41. The van der Waals surface area contributed by atoms with Gasteiger partial charge in [0.15, 0.2) is 6.61 Å². The van der Waals surface area contributed by atoms with Crippen LogP contribution in [0.1, 0.15) is 28.9 Å². The SMILES string of the molecule is COc1ccc(OC)c(C(C)NC(=O)COC(=O)c2ccccc2-c2ccccc2)c1. The molecule has 160 valence electrons. The molecule has 3 aromatic carbocycles. The van der Waals surface area contributed by atoms with Crippen molar-refractivity contribution in [1.82, 2.24) is 5.32 Å².